The minimum absolute atomic E-state index is 0.643. The van der Waals surface area contributed by atoms with Gasteiger partial charge < -0.3 is 15.5 Å². The van der Waals surface area contributed by atoms with Crippen molar-refractivity contribution in [3.63, 3.8) is 0 Å². The molecule has 0 unspecified atom stereocenters. The summed E-state index contributed by atoms with van der Waals surface area (Å²) in [7, 11) is 0. The summed E-state index contributed by atoms with van der Waals surface area (Å²) in [6, 6.07) is 27.1. The van der Waals surface area contributed by atoms with Gasteiger partial charge in [0.2, 0.25) is 0 Å². The molecule has 3 nitrogen and oxygen atoms in total. The van der Waals surface area contributed by atoms with E-state index >= 15 is 0 Å². The fourth-order valence-corrected chi connectivity index (χ4v) is 4.32. The van der Waals surface area contributed by atoms with Gasteiger partial charge in [-0.2, -0.15) is 0 Å². The summed E-state index contributed by atoms with van der Waals surface area (Å²) < 4.78 is 0. The Balaban J connectivity index is 1.44. The highest BCUT2D eigenvalue weighted by atomic mass is 32.2. The van der Waals surface area contributed by atoms with E-state index in [1.165, 1.54) is 21.2 Å². The average Bonchev–Trinajstić information content (AvgIpc) is 2.68. The monoisotopic (exact) mass is 377 g/mol. The van der Waals surface area contributed by atoms with Gasteiger partial charge in [0.25, 0.3) is 0 Å². The highest BCUT2D eigenvalue weighted by molar-refractivity contribution is 7.99. The molecule has 0 aromatic heterocycles. The Bertz CT molecular complexity index is 866. The van der Waals surface area contributed by atoms with Gasteiger partial charge in [-0.3, -0.25) is 0 Å². The minimum Gasteiger partial charge on any atom is -0.361 e. The molecule has 0 radical (unpaired) electrons. The first kappa shape index (κ1) is 16.9. The summed E-state index contributed by atoms with van der Waals surface area (Å²) in [6.07, 6.45) is 0. The van der Waals surface area contributed by atoms with Crippen molar-refractivity contribution in [1.29, 1.82) is 0 Å². The molecule has 130 valence electrons. The fraction of sp³-hybridized carbons (Fsp3) is 0.0952. The molecule has 0 saturated carbocycles. The fourth-order valence-electron chi connectivity index (χ4n) is 3.00. The highest BCUT2D eigenvalue weighted by Gasteiger charge is 2.22. The van der Waals surface area contributed by atoms with E-state index in [0.29, 0.717) is 5.11 Å². The third kappa shape index (κ3) is 3.69. The second kappa shape index (κ2) is 7.81. The molecule has 1 aliphatic heterocycles. The van der Waals surface area contributed by atoms with Crippen molar-refractivity contribution in [2.24, 2.45) is 0 Å². The van der Waals surface area contributed by atoms with Gasteiger partial charge in [-0.25, -0.2) is 0 Å². The van der Waals surface area contributed by atoms with E-state index in [9.17, 15) is 0 Å². The summed E-state index contributed by atoms with van der Waals surface area (Å²) in [4.78, 5) is 4.94. The zero-order chi connectivity index (χ0) is 17.8. The molecule has 5 heteroatoms. The lowest BCUT2D eigenvalue weighted by molar-refractivity contribution is 0.839. The number of para-hydroxylation sites is 3. The second-order valence-electron chi connectivity index (χ2n) is 5.94. The molecule has 4 rings (SSSR count). The topological polar surface area (TPSA) is 27.3 Å². The van der Waals surface area contributed by atoms with Crippen LogP contribution in [0.25, 0.3) is 0 Å². The van der Waals surface area contributed by atoms with E-state index < -0.39 is 0 Å². The van der Waals surface area contributed by atoms with Crippen molar-refractivity contribution in [2.45, 2.75) is 9.79 Å². The predicted octanol–water partition coefficient (Wildman–Crippen LogP) is 5.28. The van der Waals surface area contributed by atoms with E-state index in [1.54, 1.807) is 0 Å². The van der Waals surface area contributed by atoms with E-state index in [4.69, 9.17) is 12.2 Å². The van der Waals surface area contributed by atoms with E-state index in [1.807, 2.05) is 42.1 Å². The molecule has 1 heterocycles. The summed E-state index contributed by atoms with van der Waals surface area (Å²) in [5, 5.41) is 7.17. The predicted molar refractivity (Wildman–Crippen MR) is 115 cm³/mol. The van der Waals surface area contributed by atoms with Crippen LogP contribution in [0.3, 0.4) is 0 Å². The molecule has 3 aromatic carbocycles. The number of benzene rings is 3. The standard InChI is InChI=1S/C21H19N3S2/c25-21(23-16-8-2-1-3-9-16)22-14-15-24-17-10-4-6-12-19(17)26-20-13-7-5-11-18(20)24/h1-13H,14-15H2,(H2,22,23,25). The number of nitrogens with one attached hydrogen (secondary N) is 2. The van der Waals surface area contributed by atoms with Crippen LogP contribution in [0, 0.1) is 0 Å². The van der Waals surface area contributed by atoms with Crippen molar-refractivity contribution in [3.8, 4) is 0 Å². The first-order chi connectivity index (χ1) is 12.8. The van der Waals surface area contributed by atoms with Crippen molar-refractivity contribution >= 4 is 46.2 Å². The number of hydrogen-bond donors (Lipinski definition) is 2. The van der Waals surface area contributed by atoms with Gasteiger partial charge in [0, 0.05) is 28.6 Å². The molecule has 0 amide bonds. The van der Waals surface area contributed by atoms with Crippen LogP contribution < -0.4 is 15.5 Å². The first-order valence-corrected chi connectivity index (χ1v) is 9.77. The number of hydrogen-bond acceptors (Lipinski definition) is 3. The smallest absolute Gasteiger partial charge is 0.170 e. The molecule has 3 aromatic rings. The van der Waals surface area contributed by atoms with Gasteiger partial charge in [-0.05, 0) is 48.6 Å². The zero-order valence-electron chi connectivity index (χ0n) is 14.2. The number of fused-ring (bicyclic) bond motifs is 2. The number of anilines is 3. The van der Waals surface area contributed by atoms with Crippen molar-refractivity contribution in [3.05, 3.63) is 78.9 Å². The van der Waals surface area contributed by atoms with Crippen LogP contribution in [0.4, 0.5) is 17.1 Å². The molecule has 26 heavy (non-hydrogen) atoms. The van der Waals surface area contributed by atoms with Gasteiger partial charge in [-0.15, -0.1) is 0 Å². The largest absolute Gasteiger partial charge is 0.361 e. The molecular formula is C21H19N3S2. The lowest BCUT2D eigenvalue weighted by Crippen LogP contribution is -2.35. The maximum atomic E-state index is 5.41. The van der Waals surface area contributed by atoms with Gasteiger partial charge in [0.1, 0.15) is 0 Å². The van der Waals surface area contributed by atoms with Gasteiger partial charge in [0.05, 0.1) is 11.4 Å². The van der Waals surface area contributed by atoms with Crippen molar-refractivity contribution in [1.82, 2.24) is 5.32 Å². The first-order valence-electron chi connectivity index (χ1n) is 8.54. The van der Waals surface area contributed by atoms with Crippen LogP contribution in [-0.4, -0.2) is 18.2 Å². The number of thiocarbonyl (C=S) groups is 1. The highest BCUT2D eigenvalue weighted by Crippen LogP contribution is 2.47. The molecule has 0 aliphatic carbocycles. The molecular weight excluding hydrogens is 358 g/mol. The zero-order valence-corrected chi connectivity index (χ0v) is 15.8. The lowest BCUT2D eigenvalue weighted by Gasteiger charge is -2.32. The van der Waals surface area contributed by atoms with Crippen LogP contribution in [-0.2, 0) is 0 Å². The SMILES string of the molecule is S=C(NCCN1c2ccccc2Sc2ccccc21)Nc1ccccc1. The summed E-state index contributed by atoms with van der Waals surface area (Å²) in [5.41, 5.74) is 3.50. The third-order valence-electron chi connectivity index (χ3n) is 4.18. The van der Waals surface area contributed by atoms with Crippen LogP contribution in [0.15, 0.2) is 88.7 Å². The molecule has 1 aliphatic rings. The number of rotatable bonds is 4. The Morgan fingerprint density at radius 2 is 1.38 bits per heavy atom. The normalized spacial score (nSPS) is 12.1. The minimum atomic E-state index is 0.643. The van der Waals surface area contributed by atoms with Crippen molar-refractivity contribution < 1.29 is 0 Å². The number of nitrogens with zero attached hydrogens (tertiary/aromatic N) is 1. The van der Waals surface area contributed by atoms with Crippen molar-refractivity contribution in [2.75, 3.05) is 23.3 Å². The van der Waals surface area contributed by atoms with Crippen LogP contribution in [0.1, 0.15) is 0 Å². The Labute approximate surface area is 163 Å². The molecule has 2 N–H and O–H groups in total. The molecule has 0 spiro atoms. The molecule has 0 atom stereocenters. The van der Waals surface area contributed by atoms with Gasteiger partial charge in [0.15, 0.2) is 5.11 Å². The quantitative estimate of drug-likeness (QED) is 0.604. The average molecular weight is 378 g/mol. The molecule has 0 saturated heterocycles. The summed E-state index contributed by atoms with van der Waals surface area (Å²) >= 11 is 7.24. The Morgan fingerprint density at radius 1 is 0.808 bits per heavy atom. The van der Waals surface area contributed by atoms with E-state index in [-0.39, 0.29) is 0 Å². The summed E-state index contributed by atoms with van der Waals surface area (Å²) in [5.74, 6) is 0. The van der Waals surface area contributed by atoms with E-state index in [2.05, 4.69) is 64.1 Å². The van der Waals surface area contributed by atoms with Crippen LogP contribution >= 0.6 is 24.0 Å². The maximum absolute atomic E-state index is 5.41. The molecule has 0 bridgehead atoms. The maximum Gasteiger partial charge on any atom is 0.170 e. The van der Waals surface area contributed by atoms with Gasteiger partial charge >= 0.3 is 0 Å². The van der Waals surface area contributed by atoms with Crippen LogP contribution in [0.2, 0.25) is 0 Å². The Morgan fingerprint density at radius 3 is 2.04 bits per heavy atom. The molecule has 0 fully saturated rings. The van der Waals surface area contributed by atoms with E-state index in [0.717, 1.165) is 18.8 Å². The Hall–Kier alpha value is -2.50. The third-order valence-corrected chi connectivity index (χ3v) is 5.56. The second-order valence-corrected chi connectivity index (χ2v) is 7.43. The van der Waals surface area contributed by atoms with Crippen LogP contribution in [0.5, 0.6) is 0 Å². The Kier molecular flexibility index (Phi) is 5.09. The summed E-state index contributed by atoms with van der Waals surface area (Å²) in [6.45, 7) is 1.59. The lowest BCUT2D eigenvalue weighted by atomic mass is 10.2. The van der Waals surface area contributed by atoms with Gasteiger partial charge in [-0.1, -0.05) is 54.2 Å².